The van der Waals surface area contributed by atoms with Crippen LogP contribution in [0.25, 0.3) is 0 Å². The highest BCUT2D eigenvalue weighted by Gasteiger charge is 2.43. The van der Waals surface area contributed by atoms with E-state index in [0.717, 1.165) is 49.7 Å². The van der Waals surface area contributed by atoms with Crippen molar-refractivity contribution < 1.29 is 10.2 Å². The van der Waals surface area contributed by atoms with Gasteiger partial charge in [-0.1, -0.05) is 48.1 Å². The van der Waals surface area contributed by atoms with E-state index in [2.05, 4.69) is 37.9 Å². The van der Waals surface area contributed by atoms with Crippen LogP contribution in [0.15, 0.2) is 35.9 Å². The molecule has 1 aliphatic rings. The third-order valence-corrected chi connectivity index (χ3v) is 8.08. The van der Waals surface area contributed by atoms with Gasteiger partial charge in [0.1, 0.15) is 11.5 Å². The Kier molecular flexibility index (Phi) is 6.89. The summed E-state index contributed by atoms with van der Waals surface area (Å²) < 4.78 is 3.92. The predicted molar refractivity (Wildman–Crippen MR) is 117 cm³/mol. The molecule has 0 radical (unpaired) electrons. The van der Waals surface area contributed by atoms with Gasteiger partial charge >= 0.3 is 0 Å². The number of aryl methyl sites for hydroxylation is 1. The second kappa shape index (κ2) is 8.52. The molecule has 3 heteroatoms. The zero-order valence-corrected chi connectivity index (χ0v) is 17.9. The van der Waals surface area contributed by atoms with Crippen LogP contribution in [0.5, 0.6) is 11.5 Å². The summed E-state index contributed by atoms with van der Waals surface area (Å²) in [5, 5.41) is 21.7. The van der Waals surface area contributed by atoms with Crippen LogP contribution in [0.2, 0.25) is 0 Å². The van der Waals surface area contributed by atoms with Gasteiger partial charge in [-0.05, 0) is 57.2 Å². The molecule has 0 fully saturated rings. The van der Waals surface area contributed by atoms with Crippen LogP contribution in [-0.2, 0) is 9.84 Å². The van der Waals surface area contributed by atoms with E-state index in [0.29, 0.717) is 5.56 Å². The van der Waals surface area contributed by atoms with E-state index >= 15 is 0 Å². The van der Waals surface area contributed by atoms with Gasteiger partial charge in [-0.15, -0.1) is 20.7 Å². The Morgan fingerprint density at radius 2 is 1.92 bits per heavy atom. The largest absolute Gasteiger partial charge is 0.507 e. The first-order valence-electron chi connectivity index (χ1n) is 9.14. The van der Waals surface area contributed by atoms with E-state index in [1.807, 2.05) is 12.1 Å². The molecule has 0 saturated carbocycles. The average Bonchev–Trinajstić information content (AvgIpc) is 2.54. The summed E-state index contributed by atoms with van der Waals surface area (Å²) in [7, 11) is 0. The van der Waals surface area contributed by atoms with Gasteiger partial charge in [0.2, 0.25) is 0 Å². The summed E-state index contributed by atoms with van der Waals surface area (Å²) in [6, 6.07) is 3.69. The van der Waals surface area contributed by atoms with Crippen LogP contribution in [0.4, 0.5) is 0 Å². The lowest BCUT2D eigenvalue weighted by Gasteiger charge is -2.41. The number of rotatable bonds is 7. The van der Waals surface area contributed by atoms with Crippen molar-refractivity contribution >= 4 is 25.2 Å². The first kappa shape index (κ1) is 20.2. The smallest absolute Gasteiger partial charge is 0.124 e. The standard InChI is InChI=1S/C22H31IO2/c1-6-7-8-9-17-12-19(24)21(20(25)13-17)22(23-5)14-16(4)10-11-18(22)15(2)3/h12-14,18,24-25H,2,5-11H2,1,3-4H3/t18-,22-/m0/s1. The molecule has 0 saturated heterocycles. The number of aromatic hydroxyl groups is 2. The van der Waals surface area contributed by atoms with Crippen molar-refractivity contribution in [2.24, 2.45) is 5.92 Å². The molecule has 2 rings (SSSR count). The topological polar surface area (TPSA) is 40.5 Å². The molecule has 25 heavy (non-hydrogen) atoms. The fraction of sp³-hybridized carbons (Fsp3) is 0.500. The van der Waals surface area contributed by atoms with Crippen molar-refractivity contribution in [3.05, 3.63) is 47.1 Å². The van der Waals surface area contributed by atoms with Crippen molar-refractivity contribution in [2.45, 2.75) is 62.7 Å². The van der Waals surface area contributed by atoms with Gasteiger partial charge in [-0.25, -0.2) is 0 Å². The SMILES string of the molecule is C=I[C@@]1(c2c(O)cc(CCCCC)cc2O)C=C(C)CC[C@H]1C(=C)C. The lowest BCUT2D eigenvalue weighted by atomic mass is 9.73. The fourth-order valence-corrected chi connectivity index (χ4v) is 7.01. The van der Waals surface area contributed by atoms with Crippen molar-refractivity contribution in [1.82, 2.24) is 0 Å². The Labute approximate surface area is 162 Å². The number of allylic oxidation sites excluding steroid dienone is 3. The minimum absolute atomic E-state index is 0.215. The van der Waals surface area contributed by atoms with Crippen LogP contribution in [0.3, 0.4) is 0 Å². The van der Waals surface area contributed by atoms with Crippen LogP contribution in [-0.4, -0.2) is 14.7 Å². The number of benzene rings is 1. The number of phenols is 2. The number of hydrogen-bond donors (Lipinski definition) is 2. The molecule has 2 N–H and O–H groups in total. The van der Waals surface area contributed by atoms with E-state index in [-0.39, 0.29) is 20.8 Å². The zero-order chi connectivity index (χ0) is 18.6. The summed E-state index contributed by atoms with van der Waals surface area (Å²) in [5.74, 6) is 0.656. The number of phenolic OH excluding ortho intramolecular Hbond substituents is 2. The van der Waals surface area contributed by atoms with Crippen molar-refractivity contribution in [2.75, 3.05) is 0 Å². The van der Waals surface area contributed by atoms with Gasteiger partial charge in [-0.3, -0.25) is 0 Å². The maximum Gasteiger partial charge on any atom is 0.124 e. The Morgan fingerprint density at radius 3 is 2.44 bits per heavy atom. The van der Waals surface area contributed by atoms with Crippen LogP contribution in [0.1, 0.15) is 64.0 Å². The van der Waals surface area contributed by atoms with Crippen LogP contribution < -0.4 is 0 Å². The van der Waals surface area contributed by atoms with Gasteiger partial charge in [0.05, 0.1) is 8.99 Å². The molecule has 0 unspecified atom stereocenters. The first-order chi connectivity index (χ1) is 11.9. The molecule has 2 atom stereocenters. The second-order valence-corrected chi connectivity index (χ2v) is 9.84. The van der Waals surface area contributed by atoms with Gasteiger partial charge < -0.3 is 10.2 Å². The monoisotopic (exact) mass is 454 g/mol. The Morgan fingerprint density at radius 1 is 1.28 bits per heavy atom. The molecular formula is C22H31IO2. The van der Waals surface area contributed by atoms with E-state index in [1.54, 1.807) is 0 Å². The maximum absolute atomic E-state index is 10.8. The fourth-order valence-electron chi connectivity index (χ4n) is 3.95. The quantitative estimate of drug-likeness (QED) is 0.218. The van der Waals surface area contributed by atoms with Crippen molar-refractivity contribution in [3.63, 3.8) is 0 Å². The molecule has 0 bridgehead atoms. The Balaban J connectivity index is 2.54. The zero-order valence-electron chi connectivity index (χ0n) is 15.7. The molecule has 1 aliphatic carbocycles. The Bertz CT molecular complexity index is 666. The van der Waals surface area contributed by atoms with Crippen molar-refractivity contribution in [3.8, 4) is 11.5 Å². The molecule has 1 aromatic carbocycles. The molecular weight excluding hydrogens is 423 g/mol. The maximum atomic E-state index is 10.8. The number of alkyl halides is 1. The molecule has 0 amide bonds. The lowest BCUT2D eigenvalue weighted by Crippen LogP contribution is -2.32. The highest BCUT2D eigenvalue weighted by atomic mass is 127. The summed E-state index contributed by atoms with van der Waals surface area (Å²) in [4.78, 5) is 0. The van der Waals surface area contributed by atoms with Gasteiger partial charge in [0.25, 0.3) is 0 Å². The van der Waals surface area contributed by atoms with Gasteiger partial charge in [0.15, 0.2) is 0 Å². The molecule has 2 nitrogen and oxygen atoms in total. The molecule has 0 aliphatic heterocycles. The normalized spacial score (nSPS) is 23.3. The summed E-state index contributed by atoms with van der Waals surface area (Å²) in [6.07, 6.45) is 8.59. The van der Waals surface area contributed by atoms with E-state index < -0.39 is 20.7 Å². The third-order valence-electron chi connectivity index (χ3n) is 5.22. The van der Waals surface area contributed by atoms with Crippen LogP contribution >= 0.6 is 20.7 Å². The third kappa shape index (κ3) is 4.18. The summed E-state index contributed by atoms with van der Waals surface area (Å²) in [5.41, 5.74) is 4.10. The lowest BCUT2D eigenvalue weighted by molar-refractivity contribution is 0.398. The summed E-state index contributed by atoms with van der Waals surface area (Å²) >= 11 is -0.545. The first-order valence-corrected chi connectivity index (χ1v) is 11.7. The average molecular weight is 454 g/mol. The summed E-state index contributed by atoms with van der Waals surface area (Å²) in [6.45, 7) is 10.6. The minimum Gasteiger partial charge on any atom is -0.507 e. The van der Waals surface area contributed by atoms with E-state index in [9.17, 15) is 10.2 Å². The van der Waals surface area contributed by atoms with E-state index in [4.69, 9.17) is 0 Å². The highest BCUT2D eigenvalue weighted by Crippen LogP contribution is 2.56. The van der Waals surface area contributed by atoms with Gasteiger partial charge in [0, 0.05) is 5.92 Å². The number of hydrogen-bond acceptors (Lipinski definition) is 2. The Hall–Kier alpha value is -1.10. The molecule has 1 aromatic rings. The van der Waals surface area contributed by atoms with Crippen molar-refractivity contribution in [1.29, 1.82) is 0 Å². The minimum atomic E-state index is -0.545. The van der Waals surface area contributed by atoms with Crippen LogP contribution in [0, 0.1) is 5.92 Å². The molecule has 0 aromatic heterocycles. The van der Waals surface area contributed by atoms with Gasteiger partial charge in [-0.2, -0.15) is 0 Å². The molecule has 0 spiro atoms. The predicted octanol–water partition coefficient (Wildman–Crippen LogP) is 6.36. The van der Waals surface area contributed by atoms with E-state index in [1.165, 1.54) is 5.57 Å². The number of halogens is 1. The molecule has 138 valence electrons. The highest BCUT2D eigenvalue weighted by molar-refractivity contribution is 14.2. The second-order valence-electron chi connectivity index (χ2n) is 7.30. The molecule has 0 heterocycles. The number of unbranched alkanes of at least 4 members (excludes halogenated alkanes) is 2.